The van der Waals surface area contributed by atoms with E-state index in [1.165, 1.54) is 11.6 Å². The highest BCUT2D eigenvalue weighted by Gasteiger charge is 2.27. The first kappa shape index (κ1) is 30.4. The van der Waals surface area contributed by atoms with Crippen LogP contribution in [0.2, 0.25) is 0 Å². The number of benzene rings is 6. The van der Waals surface area contributed by atoms with E-state index in [0.29, 0.717) is 0 Å². The van der Waals surface area contributed by atoms with Crippen molar-refractivity contribution in [3.8, 4) is 39.3 Å². The predicted molar refractivity (Wildman–Crippen MR) is 209 cm³/mol. The Balaban J connectivity index is 1.49. The van der Waals surface area contributed by atoms with Crippen molar-refractivity contribution in [3.05, 3.63) is 151 Å². The highest BCUT2D eigenvalue weighted by atomic mass is 32.1. The van der Waals surface area contributed by atoms with Crippen LogP contribution >= 0.6 is 11.3 Å². The molecule has 0 atom stereocenters. The number of halogens is 1. The third-order valence-electron chi connectivity index (χ3n) is 9.72. The molecule has 0 N–H and O–H groups in total. The Kier molecular flexibility index (Phi) is 6.97. The van der Waals surface area contributed by atoms with Crippen LogP contribution in [-0.4, -0.2) is 14.5 Å². The van der Waals surface area contributed by atoms with Gasteiger partial charge in [0.2, 0.25) is 0 Å². The average Bonchev–Trinajstić information content (AvgIpc) is 3.69. The molecular formula is C45H34FN3S. The molecule has 0 unspecified atom stereocenters. The molecule has 9 aromatic rings. The lowest BCUT2D eigenvalue weighted by atomic mass is 9.82. The maximum absolute atomic E-state index is 14.5. The molecular weight excluding hydrogens is 634 g/mol. The van der Waals surface area contributed by atoms with Crippen LogP contribution in [0.3, 0.4) is 0 Å². The highest BCUT2D eigenvalue weighted by Crippen LogP contribution is 2.46. The summed E-state index contributed by atoms with van der Waals surface area (Å²) >= 11 is 1.71. The van der Waals surface area contributed by atoms with Crippen molar-refractivity contribution in [1.82, 2.24) is 14.5 Å². The molecule has 50 heavy (non-hydrogen) atoms. The molecule has 0 aliphatic carbocycles. The van der Waals surface area contributed by atoms with Crippen LogP contribution in [0.5, 0.6) is 0 Å². The van der Waals surface area contributed by atoms with Crippen molar-refractivity contribution < 1.29 is 4.39 Å². The van der Waals surface area contributed by atoms with Gasteiger partial charge in [0.1, 0.15) is 16.5 Å². The molecule has 9 rings (SSSR count). The number of aromatic nitrogens is 3. The van der Waals surface area contributed by atoms with E-state index in [1.807, 2.05) is 19.1 Å². The van der Waals surface area contributed by atoms with Gasteiger partial charge in [-0.2, -0.15) is 0 Å². The molecule has 0 saturated heterocycles. The number of pyridine rings is 1. The highest BCUT2D eigenvalue weighted by molar-refractivity contribution is 7.26. The van der Waals surface area contributed by atoms with Gasteiger partial charge in [-0.15, -0.1) is 11.3 Å². The van der Waals surface area contributed by atoms with Crippen LogP contribution in [0, 0.1) is 12.7 Å². The van der Waals surface area contributed by atoms with Gasteiger partial charge in [0.25, 0.3) is 0 Å². The normalized spacial score (nSPS) is 12.1. The minimum absolute atomic E-state index is 0.0977. The van der Waals surface area contributed by atoms with E-state index in [-0.39, 0.29) is 11.2 Å². The van der Waals surface area contributed by atoms with Crippen molar-refractivity contribution in [2.75, 3.05) is 0 Å². The van der Waals surface area contributed by atoms with E-state index < -0.39 is 0 Å². The molecule has 3 aromatic heterocycles. The summed E-state index contributed by atoms with van der Waals surface area (Å²) in [5, 5.41) is 4.04. The molecule has 0 radical (unpaired) electrons. The predicted octanol–water partition coefficient (Wildman–Crippen LogP) is 12.7. The third kappa shape index (κ3) is 4.92. The first-order valence-electron chi connectivity index (χ1n) is 16.9. The third-order valence-corrected chi connectivity index (χ3v) is 10.9. The fourth-order valence-electron chi connectivity index (χ4n) is 7.18. The summed E-state index contributed by atoms with van der Waals surface area (Å²) in [7, 11) is 0. The zero-order valence-corrected chi connectivity index (χ0v) is 29.1. The summed E-state index contributed by atoms with van der Waals surface area (Å²) in [5.74, 6) is 0.577. The Morgan fingerprint density at radius 1 is 0.620 bits per heavy atom. The molecule has 0 saturated carbocycles. The van der Waals surface area contributed by atoms with Crippen molar-refractivity contribution in [2.45, 2.75) is 33.1 Å². The Labute approximate surface area is 294 Å². The van der Waals surface area contributed by atoms with E-state index in [2.05, 4.69) is 135 Å². The maximum atomic E-state index is 14.5. The largest absolute Gasteiger partial charge is 0.291 e. The molecule has 0 amide bonds. The molecule has 0 aliphatic rings. The van der Waals surface area contributed by atoms with E-state index in [9.17, 15) is 4.39 Å². The second-order valence-corrected chi connectivity index (χ2v) is 15.1. The molecule has 6 aromatic carbocycles. The quantitative estimate of drug-likeness (QED) is 0.187. The van der Waals surface area contributed by atoms with Crippen molar-refractivity contribution in [1.29, 1.82) is 0 Å². The van der Waals surface area contributed by atoms with Gasteiger partial charge in [-0.25, -0.2) is 14.4 Å². The topological polar surface area (TPSA) is 30.7 Å². The van der Waals surface area contributed by atoms with E-state index in [0.717, 1.165) is 87.1 Å². The first-order chi connectivity index (χ1) is 24.2. The number of fused-ring (bicyclic) bond motifs is 6. The summed E-state index contributed by atoms with van der Waals surface area (Å²) < 4.78 is 18.0. The standard InChI is InChI=1S/C45H34FN3S/c1-27-18-21-35-34-16-11-17-36(42(34)50-44(35)47-27)43-48-40-33-22-20-32(46)24-30(33)19-23-39(40)49(43)41-37(28-12-7-5-8-13-28)25-31(45(2,3)4)26-38(41)29-14-9-6-10-15-29/h5-26H,1-4H3. The van der Waals surface area contributed by atoms with Gasteiger partial charge in [0.05, 0.1) is 16.7 Å². The van der Waals surface area contributed by atoms with E-state index >= 15 is 0 Å². The van der Waals surface area contributed by atoms with Crippen LogP contribution in [-0.2, 0) is 5.41 Å². The van der Waals surface area contributed by atoms with Crippen molar-refractivity contribution >= 4 is 53.4 Å². The van der Waals surface area contributed by atoms with E-state index in [4.69, 9.17) is 9.97 Å². The SMILES string of the molecule is Cc1ccc2c(n1)sc1c(-c3nc4c5ccc(F)cc5ccc4n3-c3c(-c4ccccc4)cc(C(C)(C)C)cc3-c3ccccc3)cccc12. The van der Waals surface area contributed by atoms with Gasteiger partial charge in [-0.1, -0.05) is 99.6 Å². The Morgan fingerprint density at radius 2 is 1.30 bits per heavy atom. The number of aryl methyl sites for hydroxylation is 1. The van der Waals surface area contributed by atoms with Gasteiger partial charge in [0, 0.05) is 43.2 Å². The van der Waals surface area contributed by atoms with Crippen LogP contribution in [0.1, 0.15) is 32.0 Å². The summed E-state index contributed by atoms with van der Waals surface area (Å²) in [6, 6.07) is 45.9. The van der Waals surface area contributed by atoms with Gasteiger partial charge in [0.15, 0.2) is 0 Å². The van der Waals surface area contributed by atoms with Crippen LogP contribution in [0.15, 0.2) is 133 Å². The van der Waals surface area contributed by atoms with Gasteiger partial charge in [-0.05, 0) is 89.0 Å². The molecule has 0 spiro atoms. The van der Waals surface area contributed by atoms with Gasteiger partial charge < -0.3 is 0 Å². The lowest BCUT2D eigenvalue weighted by Crippen LogP contribution is -2.13. The fourth-order valence-corrected chi connectivity index (χ4v) is 8.41. The Hall–Kier alpha value is -5.65. The monoisotopic (exact) mass is 667 g/mol. The lowest BCUT2D eigenvalue weighted by Gasteiger charge is -2.26. The van der Waals surface area contributed by atoms with Gasteiger partial charge >= 0.3 is 0 Å². The molecule has 0 bridgehead atoms. The van der Waals surface area contributed by atoms with Crippen LogP contribution in [0.4, 0.5) is 4.39 Å². The smallest absolute Gasteiger partial charge is 0.147 e. The summed E-state index contributed by atoms with van der Waals surface area (Å²) in [5.41, 5.74) is 10.5. The number of hydrogen-bond acceptors (Lipinski definition) is 3. The molecule has 0 aliphatic heterocycles. The Bertz CT molecular complexity index is 2690. The number of hydrogen-bond donors (Lipinski definition) is 0. The molecule has 3 nitrogen and oxygen atoms in total. The molecule has 0 fully saturated rings. The lowest BCUT2D eigenvalue weighted by molar-refractivity contribution is 0.590. The van der Waals surface area contributed by atoms with Crippen LogP contribution < -0.4 is 0 Å². The van der Waals surface area contributed by atoms with Crippen molar-refractivity contribution in [3.63, 3.8) is 0 Å². The number of nitrogens with zero attached hydrogens (tertiary/aromatic N) is 3. The summed E-state index contributed by atoms with van der Waals surface area (Å²) in [6.45, 7) is 8.85. The summed E-state index contributed by atoms with van der Waals surface area (Å²) in [4.78, 5) is 11.5. The van der Waals surface area contributed by atoms with E-state index in [1.54, 1.807) is 17.4 Å². The summed E-state index contributed by atoms with van der Waals surface area (Å²) in [6.07, 6.45) is 0. The first-order valence-corrected chi connectivity index (χ1v) is 17.8. The second-order valence-electron chi connectivity index (χ2n) is 14.1. The minimum Gasteiger partial charge on any atom is -0.291 e. The van der Waals surface area contributed by atoms with Crippen molar-refractivity contribution in [2.24, 2.45) is 0 Å². The van der Waals surface area contributed by atoms with Gasteiger partial charge in [-0.3, -0.25) is 4.57 Å². The second kappa shape index (κ2) is 11.5. The average molecular weight is 668 g/mol. The van der Waals surface area contributed by atoms with Crippen LogP contribution in [0.25, 0.3) is 81.4 Å². The molecule has 5 heteroatoms. The zero-order valence-electron chi connectivity index (χ0n) is 28.3. The number of thiophene rings is 1. The maximum Gasteiger partial charge on any atom is 0.147 e. The fraction of sp³-hybridized carbons (Fsp3) is 0.111. The minimum atomic E-state index is -0.259. The number of rotatable bonds is 4. The molecule has 242 valence electrons. The number of imidazole rings is 1. The zero-order chi connectivity index (χ0) is 34.1. The molecule has 3 heterocycles. The Morgan fingerprint density at radius 3 is 1.98 bits per heavy atom.